The molecule has 3 heterocycles. The second-order valence-electron chi connectivity index (χ2n) is 6.22. The van der Waals surface area contributed by atoms with Crippen LogP contribution in [0.25, 0.3) is 0 Å². The number of hydrogen-bond donors (Lipinski definition) is 1. The highest BCUT2D eigenvalue weighted by Gasteiger charge is 2.32. The van der Waals surface area contributed by atoms with Crippen LogP contribution in [0.15, 0.2) is 12.3 Å². The molecule has 3 rings (SSSR count). The molecule has 0 radical (unpaired) electrons. The average molecular weight is 296 g/mol. The van der Waals surface area contributed by atoms with E-state index in [2.05, 4.69) is 19.2 Å². The zero-order valence-electron chi connectivity index (χ0n) is 12.1. The molecule has 110 valence electrons. The van der Waals surface area contributed by atoms with Crippen molar-refractivity contribution in [2.45, 2.75) is 51.2 Å². The second kappa shape index (κ2) is 5.41. The van der Waals surface area contributed by atoms with Gasteiger partial charge in [-0.15, -0.1) is 0 Å². The fraction of sp³-hybridized carbons (Fsp3) is 0.667. The van der Waals surface area contributed by atoms with Gasteiger partial charge in [-0.3, -0.25) is 4.79 Å². The fourth-order valence-corrected chi connectivity index (χ4v) is 3.54. The van der Waals surface area contributed by atoms with E-state index >= 15 is 0 Å². The summed E-state index contributed by atoms with van der Waals surface area (Å²) in [4.78, 5) is 14.8. The Balaban J connectivity index is 1.81. The van der Waals surface area contributed by atoms with Gasteiger partial charge in [-0.25, -0.2) is 0 Å². The van der Waals surface area contributed by atoms with Gasteiger partial charge in [0.05, 0.1) is 5.02 Å². The second-order valence-corrected chi connectivity index (χ2v) is 6.66. The first-order valence-electron chi connectivity index (χ1n) is 7.47. The van der Waals surface area contributed by atoms with Gasteiger partial charge in [0.25, 0.3) is 5.91 Å². The molecular formula is C15H22ClN3O. The lowest BCUT2D eigenvalue weighted by atomic mass is 10.1. The number of nitrogens with one attached hydrogen (secondary N) is 1. The zero-order valence-corrected chi connectivity index (χ0v) is 12.9. The number of halogens is 1. The Labute approximate surface area is 125 Å². The monoisotopic (exact) mass is 295 g/mol. The van der Waals surface area contributed by atoms with Crippen molar-refractivity contribution in [1.29, 1.82) is 0 Å². The first-order chi connectivity index (χ1) is 9.54. The lowest BCUT2D eigenvalue weighted by molar-refractivity contribution is 0.0735. The van der Waals surface area contributed by atoms with Gasteiger partial charge in [-0.2, -0.15) is 0 Å². The molecule has 2 atom stereocenters. The van der Waals surface area contributed by atoms with Gasteiger partial charge in [0.1, 0.15) is 5.69 Å². The summed E-state index contributed by atoms with van der Waals surface area (Å²) >= 11 is 6.08. The van der Waals surface area contributed by atoms with Gasteiger partial charge in [-0.05, 0) is 39.2 Å². The average Bonchev–Trinajstić information content (AvgIpc) is 2.92. The van der Waals surface area contributed by atoms with Crippen LogP contribution in [0.2, 0.25) is 5.02 Å². The Morgan fingerprint density at radius 2 is 2.10 bits per heavy atom. The smallest absolute Gasteiger partial charge is 0.270 e. The quantitative estimate of drug-likeness (QED) is 0.911. The Morgan fingerprint density at radius 1 is 1.35 bits per heavy atom. The largest absolute Gasteiger partial charge is 0.339 e. The molecule has 20 heavy (non-hydrogen) atoms. The van der Waals surface area contributed by atoms with Gasteiger partial charge in [-0.1, -0.05) is 11.6 Å². The summed E-state index contributed by atoms with van der Waals surface area (Å²) in [7, 11) is 0. The minimum atomic E-state index is 0.111. The summed E-state index contributed by atoms with van der Waals surface area (Å²) in [5, 5.41) is 4.24. The predicted molar refractivity (Wildman–Crippen MR) is 80.3 cm³/mol. The van der Waals surface area contributed by atoms with Crippen molar-refractivity contribution in [3.05, 3.63) is 23.0 Å². The standard InChI is InChI=1S/C15H22ClN3O/c1-10(2)19-8-11(16)7-14(19)15(20)18-6-5-12-3-4-13(9-18)17-12/h7-8,10,12-13,17H,3-6,9H2,1-2H3. The molecule has 2 saturated heterocycles. The van der Waals surface area contributed by atoms with Gasteiger partial charge < -0.3 is 14.8 Å². The molecule has 0 aliphatic carbocycles. The molecule has 1 aromatic heterocycles. The van der Waals surface area contributed by atoms with E-state index in [4.69, 9.17) is 11.6 Å². The first-order valence-corrected chi connectivity index (χ1v) is 7.85. The number of carbonyl (C=O) groups is 1. The van der Waals surface area contributed by atoms with Crippen LogP contribution < -0.4 is 5.32 Å². The molecule has 4 nitrogen and oxygen atoms in total. The van der Waals surface area contributed by atoms with Gasteiger partial charge in [0, 0.05) is 37.4 Å². The predicted octanol–water partition coefficient (Wildman–Crippen LogP) is 2.69. The molecule has 0 aromatic carbocycles. The number of amides is 1. The highest BCUT2D eigenvalue weighted by molar-refractivity contribution is 6.31. The Morgan fingerprint density at radius 3 is 2.85 bits per heavy atom. The van der Waals surface area contributed by atoms with Crippen LogP contribution in [0, 0.1) is 0 Å². The van der Waals surface area contributed by atoms with E-state index in [1.165, 1.54) is 12.8 Å². The Kier molecular flexibility index (Phi) is 3.78. The maximum Gasteiger partial charge on any atom is 0.270 e. The van der Waals surface area contributed by atoms with Gasteiger partial charge in [0.2, 0.25) is 0 Å². The maximum atomic E-state index is 12.8. The van der Waals surface area contributed by atoms with E-state index < -0.39 is 0 Å². The molecule has 2 aliphatic heterocycles. The van der Waals surface area contributed by atoms with Crippen molar-refractivity contribution in [3.63, 3.8) is 0 Å². The molecule has 1 N–H and O–H groups in total. The van der Waals surface area contributed by atoms with Crippen molar-refractivity contribution in [2.75, 3.05) is 13.1 Å². The minimum Gasteiger partial charge on any atom is -0.339 e. The highest BCUT2D eigenvalue weighted by atomic mass is 35.5. The molecule has 0 saturated carbocycles. The molecule has 1 amide bonds. The van der Waals surface area contributed by atoms with Gasteiger partial charge in [0.15, 0.2) is 0 Å². The maximum absolute atomic E-state index is 12.8. The molecule has 2 aliphatic rings. The molecule has 2 fully saturated rings. The minimum absolute atomic E-state index is 0.111. The van der Waals surface area contributed by atoms with Crippen molar-refractivity contribution < 1.29 is 4.79 Å². The van der Waals surface area contributed by atoms with Crippen LogP contribution >= 0.6 is 11.6 Å². The molecule has 2 unspecified atom stereocenters. The van der Waals surface area contributed by atoms with E-state index in [1.807, 2.05) is 15.7 Å². The third-order valence-corrected chi connectivity index (χ3v) is 4.61. The number of nitrogens with zero attached hydrogens (tertiary/aromatic N) is 2. The number of aromatic nitrogens is 1. The fourth-order valence-electron chi connectivity index (χ4n) is 3.33. The number of hydrogen-bond acceptors (Lipinski definition) is 2. The SMILES string of the molecule is CC(C)n1cc(Cl)cc1C(=O)N1CCC2CCC(C1)N2. The zero-order chi connectivity index (χ0) is 14.3. The van der Waals surface area contributed by atoms with E-state index in [0.29, 0.717) is 22.8 Å². The van der Waals surface area contributed by atoms with Crippen molar-refractivity contribution in [2.24, 2.45) is 0 Å². The summed E-state index contributed by atoms with van der Waals surface area (Å²) < 4.78 is 1.97. The molecular weight excluding hydrogens is 274 g/mol. The van der Waals surface area contributed by atoms with Crippen LogP contribution in [0.4, 0.5) is 0 Å². The molecule has 1 aromatic rings. The number of fused-ring (bicyclic) bond motifs is 2. The molecule has 2 bridgehead atoms. The third-order valence-electron chi connectivity index (χ3n) is 4.40. The lowest BCUT2D eigenvalue weighted by Crippen LogP contribution is -2.39. The van der Waals surface area contributed by atoms with Crippen LogP contribution in [-0.4, -0.2) is 40.5 Å². The molecule has 0 spiro atoms. The Hall–Kier alpha value is -1.00. The van der Waals surface area contributed by atoms with Crippen LogP contribution in [0.5, 0.6) is 0 Å². The van der Waals surface area contributed by atoms with E-state index in [9.17, 15) is 4.79 Å². The summed E-state index contributed by atoms with van der Waals surface area (Å²) in [6.45, 7) is 5.79. The van der Waals surface area contributed by atoms with Crippen molar-refractivity contribution >= 4 is 17.5 Å². The van der Waals surface area contributed by atoms with Crippen molar-refractivity contribution in [1.82, 2.24) is 14.8 Å². The van der Waals surface area contributed by atoms with E-state index in [-0.39, 0.29) is 11.9 Å². The van der Waals surface area contributed by atoms with E-state index in [1.54, 1.807) is 6.07 Å². The number of carbonyl (C=O) groups excluding carboxylic acids is 1. The Bertz CT molecular complexity index is 511. The summed E-state index contributed by atoms with van der Waals surface area (Å²) in [5.74, 6) is 0.111. The summed E-state index contributed by atoms with van der Waals surface area (Å²) in [6, 6.07) is 3.09. The highest BCUT2D eigenvalue weighted by Crippen LogP contribution is 2.24. The normalized spacial score (nSPS) is 26.1. The van der Waals surface area contributed by atoms with Crippen LogP contribution in [-0.2, 0) is 0 Å². The third kappa shape index (κ3) is 2.59. The summed E-state index contributed by atoms with van der Waals surface area (Å²) in [5.41, 5.74) is 0.711. The first kappa shape index (κ1) is 14.0. The summed E-state index contributed by atoms with van der Waals surface area (Å²) in [6.07, 6.45) is 5.33. The molecule has 5 heteroatoms. The number of likely N-dealkylation sites (tertiary alicyclic amines) is 1. The van der Waals surface area contributed by atoms with E-state index in [0.717, 1.165) is 19.5 Å². The lowest BCUT2D eigenvalue weighted by Gasteiger charge is -2.25. The van der Waals surface area contributed by atoms with Gasteiger partial charge >= 0.3 is 0 Å². The number of rotatable bonds is 2. The topological polar surface area (TPSA) is 37.3 Å². The van der Waals surface area contributed by atoms with Crippen molar-refractivity contribution in [3.8, 4) is 0 Å². The van der Waals surface area contributed by atoms with Crippen LogP contribution in [0.3, 0.4) is 0 Å². The van der Waals surface area contributed by atoms with Crippen LogP contribution in [0.1, 0.15) is 49.6 Å².